The molecule has 14 heavy (non-hydrogen) atoms. The summed E-state index contributed by atoms with van der Waals surface area (Å²) >= 11 is 0. The molecule has 0 spiro atoms. The van der Waals surface area contributed by atoms with Crippen molar-refractivity contribution in [3.05, 3.63) is 23.8 Å². The molecule has 1 aromatic carbocycles. The monoisotopic (exact) mass is 196 g/mol. The highest BCUT2D eigenvalue weighted by Crippen LogP contribution is 2.28. The summed E-state index contributed by atoms with van der Waals surface area (Å²) in [6, 6.07) is 4.87. The lowest BCUT2D eigenvalue weighted by Crippen LogP contribution is -1.95. The Labute approximate surface area is 84.0 Å². The van der Waals surface area contributed by atoms with Gasteiger partial charge in [-0.05, 0) is 12.5 Å². The second-order valence-electron chi connectivity index (χ2n) is 3.19. The van der Waals surface area contributed by atoms with Gasteiger partial charge in [-0.15, -0.1) is 0 Å². The highest BCUT2D eigenvalue weighted by atomic mass is 16.5. The van der Waals surface area contributed by atoms with Crippen LogP contribution in [0.15, 0.2) is 18.2 Å². The van der Waals surface area contributed by atoms with Crippen LogP contribution in [0.2, 0.25) is 0 Å². The molecular formula is C11H16O3. The van der Waals surface area contributed by atoms with Crippen LogP contribution in [0.5, 0.6) is 11.5 Å². The van der Waals surface area contributed by atoms with E-state index in [0.717, 1.165) is 12.8 Å². The maximum Gasteiger partial charge on any atom is 0.163 e. The van der Waals surface area contributed by atoms with Gasteiger partial charge < -0.3 is 14.9 Å². The van der Waals surface area contributed by atoms with Crippen LogP contribution in [0.25, 0.3) is 0 Å². The lowest BCUT2D eigenvalue weighted by molar-refractivity contribution is 0.116. The van der Waals surface area contributed by atoms with Gasteiger partial charge in [0, 0.05) is 12.2 Å². The fourth-order valence-electron chi connectivity index (χ4n) is 1.12. The smallest absolute Gasteiger partial charge is 0.163 e. The van der Waals surface area contributed by atoms with Crippen LogP contribution in [0.4, 0.5) is 0 Å². The average Bonchev–Trinajstić information content (AvgIpc) is 2.19. The number of aromatic hydroxyl groups is 2. The quantitative estimate of drug-likeness (QED) is 0.561. The van der Waals surface area contributed by atoms with Crippen LogP contribution >= 0.6 is 0 Å². The SMILES string of the molecule is CCCCOCc1cccc(O)c1O. The van der Waals surface area contributed by atoms with Crippen molar-refractivity contribution < 1.29 is 14.9 Å². The van der Waals surface area contributed by atoms with E-state index in [1.807, 2.05) is 0 Å². The molecule has 0 saturated carbocycles. The molecule has 0 unspecified atom stereocenters. The summed E-state index contributed by atoms with van der Waals surface area (Å²) in [7, 11) is 0. The van der Waals surface area contributed by atoms with E-state index in [1.165, 1.54) is 6.07 Å². The summed E-state index contributed by atoms with van der Waals surface area (Å²) in [6.07, 6.45) is 2.10. The third kappa shape index (κ3) is 2.92. The third-order valence-corrected chi connectivity index (χ3v) is 2.00. The number of hydrogen-bond donors (Lipinski definition) is 2. The Bertz CT molecular complexity index is 284. The van der Waals surface area contributed by atoms with Gasteiger partial charge in [-0.1, -0.05) is 25.5 Å². The predicted molar refractivity (Wildman–Crippen MR) is 54.3 cm³/mol. The largest absolute Gasteiger partial charge is 0.504 e. The Kier molecular flexibility index (Phi) is 4.26. The molecule has 0 bridgehead atoms. The molecule has 1 rings (SSSR count). The van der Waals surface area contributed by atoms with Gasteiger partial charge in [0.1, 0.15) is 0 Å². The van der Waals surface area contributed by atoms with E-state index < -0.39 is 0 Å². The van der Waals surface area contributed by atoms with E-state index in [-0.39, 0.29) is 11.5 Å². The lowest BCUT2D eigenvalue weighted by atomic mass is 10.2. The minimum atomic E-state index is -0.0957. The third-order valence-electron chi connectivity index (χ3n) is 2.00. The minimum Gasteiger partial charge on any atom is -0.504 e. The van der Waals surface area contributed by atoms with Crippen LogP contribution in [0.1, 0.15) is 25.3 Å². The van der Waals surface area contributed by atoms with E-state index in [2.05, 4.69) is 6.92 Å². The number of rotatable bonds is 5. The highest BCUT2D eigenvalue weighted by molar-refractivity contribution is 5.43. The summed E-state index contributed by atoms with van der Waals surface area (Å²) in [4.78, 5) is 0. The zero-order chi connectivity index (χ0) is 10.4. The molecule has 0 aliphatic carbocycles. The second-order valence-corrected chi connectivity index (χ2v) is 3.19. The first-order valence-electron chi connectivity index (χ1n) is 4.83. The van der Waals surface area contributed by atoms with Crippen LogP contribution < -0.4 is 0 Å². The summed E-state index contributed by atoms with van der Waals surface area (Å²) in [5, 5.41) is 18.6. The molecule has 0 aromatic heterocycles. The van der Waals surface area contributed by atoms with Gasteiger partial charge in [0.25, 0.3) is 0 Å². The second kappa shape index (κ2) is 5.50. The fourth-order valence-corrected chi connectivity index (χ4v) is 1.12. The van der Waals surface area contributed by atoms with E-state index >= 15 is 0 Å². The number of benzene rings is 1. The van der Waals surface area contributed by atoms with Gasteiger partial charge >= 0.3 is 0 Å². The number of phenols is 2. The number of para-hydroxylation sites is 1. The average molecular weight is 196 g/mol. The van der Waals surface area contributed by atoms with Crippen LogP contribution in [-0.4, -0.2) is 16.8 Å². The number of phenolic OH excluding ortho intramolecular Hbond substituents is 2. The van der Waals surface area contributed by atoms with Crippen LogP contribution in [0, 0.1) is 0 Å². The van der Waals surface area contributed by atoms with Crippen molar-refractivity contribution >= 4 is 0 Å². The molecule has 0 amide bonds. The number of hydrogen-bond acceptors (Lipinski definition) is 3. The van der Waals surface area contributed by atoms with Gasteiger partial charge in [0.2, 0.25) is 0 Å². The number of unbranched alkanes of at least 4 members (excludes halogenated alkanes) is 1. The molecule has 0 aliphatic rings. The Morgan fingerprint density at radius 3 is 2.79 bits per heavy atom. The zero-order valence-corrected chi connectivity index (χ0v) is 8.36. The Morgan fingerprint density at radius 2 is 2.07 bits per heavy atom. The van der Waals surface area contributed by atoms with Crippen molar-refractivity contribution in [2.24, 2.45) is 0 Å². The molecule has 0 fully saturated rings. The molecule has 0 atom stereocenters. The molecule has 1 aromatic rings. The predicted octanol–water partition coefficient (Wildman–Crippen LogP) is 2.41. The van der Waals surface area contributed by atoms with Gasteiger partial charge in [0.05, 0.1) is 6.61 Å². The lowest BCUT2D eigenvalue weighted by Gasteiger charge is -2.06. The normalized spacial score (nSPS) is 10.4. The molecule has 0 heterocycles. The molecule has 78 valence electrons. The van der Waals surface area contributed by atoms with Gasteiger partial charge in [0.15, 0.2) is 11.5 Å². The van der Waals surface area contributed by atoms with E-state index in [0.29, 0.717) is 18.8 Å². The Hall–Kier alpha value is -1.22. The van der Waals surface area contributed by atoms with Gasteiger partial charge in [-0.2, -0.15) is 0 Å². The Morgan fingerprint density at radius 1 is 1.29 bits per heavy atom. The van der Waals surface area contributed by atoms with Crippen molar-refractivity contribution in [1.29, 1.82) is 0 Å². The molecule has 3 nitrogen and oxygen atoms in total. The summed E-state index contributed by atoms with van der Waals surface area (Å²) in [5.41, 5.74) is 0.626. The summed E-state index contributed by atoms with van der Waals surface area (Å²) in [6.45, 7) is 3.13. The summed E-state index contributed by atoms with van der Waals surface area (Å²) in [5.74, 6) is -0.175. The maximum absolute atomic E-state index is 9.42. The molecule has 2 N–H and O–H groups in total. The van der Waals surface area contributed by atoms with Crippen molar-refractivity contribution in [2.45, 2.75) is 26.4 Å². The molecule has 0 radical (unpaired) electrons. The molecule has 3 heteroatoms. The van der Waals surface area contributed by atoms with E-state index in [4.69, 9.17) is 4.74 Å². The van der Waals surface area contributed by atoms with Crippen LogP contribution in [0.3, 0.4) is 0 Å². The topological polar surface area (TPSA) is 49.7 Å². The molecular weight excluding hydrogens is 180 g/mol. The first kappa shape index (κ1) is 10.9. The zero-order valence-electron chi connectivity index (χ0n) is 8.36. The minimum absolute atomic E-state index is 0.0796. The number of ether oxygens (including phenoxy) is 1. The maximum atomic E-state index is 9.42. The first-order chi connectivity index (χ1) is 6.75. The summed E-state index contributed by atoms with van der Waals surface area (Å²) < 4.78 is 5.32. The van der Waals surface area contributed by atoms with Crippen molar-refractivity contribution in [3.8, 4) is 11.5 Å². The van der Waals surface area contributed by atoms with E-state index in [9.17, 15) is 10.2 Å². The Balaban J connectivity index is 2.46. The molecule has 0 aliphatic heterocycles. The fraction of sp³-hybridized carbons (Fsp3) is 0.455. The van der Waals surface area contributed by atoms with Gasteiger partial charge in [-0.25, -0.2) is 0 Å². The van der Waals surface area contributed by atoms with Crippen molar-refractivity contribution in [3.63, 3.8) is 0 Å². The van der Waals surface area contributed by atoms with Gasteiger partial charge in [-0.3, -0.25) is 0 Å². The highest BCUT2D eigenvalue weighted by Gasteiger charge is 2.04. The van der Waals surface area contributed by atoms with E-state index in [1.54, 1.807) is 12.1 Å². The first-order valence-corrected chi connectivity index (χ1v) is 4.83. The van der Waals surface area contributed by atoms with Crippen LogP contribution in [-0.2, 0) is 11.3 Å². The standard InChI is InChI=1S/C11H16O3/c1-2-3-7-14-8-9-5-4-6-10(12)11(9)13/h4-6,12-13H,2-3,7-8H2,1H3. The van der Waals surface area contributed by atoms with Crippen molar-refractivity contribution in [1.82, 2.24) is 0 Å². The van der Waals surface area contributed by atoms with Crippen molar-refractivity contribution in [2.75, 3.05) is 6.61 Å². The molecule has 0 saturated heterocycles.